The number of nitrogens with zero attached hydrogens (tertiary/aromatic N) is 2. The minimum Gasteiger partial charge on any atom is -0.330 e. The van der Waals surface area contributed by atoms with Crippen LogP contribution in [-0.4, -0.2) is 9.55 Å². The predicted molar refractivity (Wildman–Crippen MR) is 61.3 cm³/mol. The van der Waals surface area contributed by atoms with Gasteiger partial charge in [-0.15, -0.1) is 0 Å². The summed E-state index contributed by atoms with van der Waals surface area (Å²) in [6.07, 6.45) is 7.76. The molecule has 15 heavy (non-hydrogen) atoms. The van der Waals surface area contributed by atoms with Gasteiger partial charge in [0.15, 0.2) is 0 Å². The molecule has 0 saturated heterocycles. The van der Waals surface area contributed by atoms with Crippen molar-refractivity contribution in [3.63, 3.8) is 0 Å². The molecule has 84 valence electrons. The predicted octanol–water partition coefficient (Wildman–Crippen LogP) is 2.34. The lowest BCUT2D eigenvalue weighted by Crippen LogP contribution is -2.26. The molecule has 1 saturated carbocycles. The van der Waals surface area contributed by atoms with E-state index >= 15 is 0 Å². The Morgan fingerprint density at radius 3 is 2.93 bits per heavy atom. The molecule has 2 N–H and O–H groups in total. The summed E-state index contributed by atoms with van der Waals surface area (Å²) in [7, 11) is 0. The molecule has 0 aliphatic heterocycles. The summed E-state index contributed by atoms with van der Waals surface area (Å²) in [6, 6.07) is 0.613. The molecule has 1 aliphatic rings. The molecule has 0 radical (unpaired) electrons. The van der Waals surface area contributed by atoms with Gasteiger partial charge in [-0.3, -0.25) is 0 Å². The molecule has 3 unspecified atom stereocenters. The first kappa shape index (κ1) is 10.7. The molecule has 0 bridgehead atoms. The first-order chi connectivity index (χ1) is 7.22. The number of imidazole rings is 1. The van der Waals surface area contributed by atoms with Gasteiger partial charge in [0.2, 0.25) is 0 Å². The largest absolute Gasteiger partial charge is 0.330 e. The average Bonchev–Trinajstić information content (AvgIpc) is 2.65. The summed E-state index contributed by atoms with van der Waals surface area (Å²) in [6.45, 7) is 5.30. The standard InChI is InChI=1S/C12H21N3/c1-9-3-4-12(10(2)5-9)15-8-14-7-11(15)6-13/h7-10,12H,3-6,13H2,1-2H3. The van der Waals surface area contributed by atoms with Gasteiger partial charge in [-0.05, 0) is 31.1 Å². The Kier molecular flexibility index (Phi) is 3.10. The lowest BCUT2D eigenvalue weighted by molar-refractivity contribution is 0.204. The lowest BCUT2D eigenvalue weighted by atomic mass is 9.79. The fraction of sp³-hybridized carbons (Fsp3) is 0.750. The van der Waals surface area contributed by atoms with E-state index in [-0.39, 0.29) is 0 Å². The third-order valence-electron chi connectivity index (χ3n) is 3.70. The highest BCUT2D eigenvalue weighted by molar-refractivity contribution is 5.01. The molecule has 0 amide bonds. The maximum atomic E-state index is 5.71. The van der Waals surface area contributed by atoms with Crippen molar-refractivity contribution in [3.05, 3.63) is 18.2 Å². The Morgan fingerprint density at radius 1 is 1.47 bits per heavy atom. The van der Waals surface area contributed by atoms with E-state index in [1.165, 1.54) is 25.0 Å². The Morgan fingerprint density at radius 2 is 2.27 bits per heavy atom. The number of hydrogen-bond acceptors (Lipinski definition) is 2. The molecule has 1 aromatic rings. The van der Waals surface area contributed by atoms with Crippen LogP contribution in [0.25, 0.3) is 0 Å². The van der Waals surface area contributed by atoms with Crippen LogP contribution >= 0.6 is 0 Å². The molecule has 1 heterocycles. The molecule has 3 nitrogen and oxygen atoms in total. The third-order valence-corrected chi connectivity index (χ3v) is 3.70. The molecular weight excluding hydrogens is 186 g/mol. The van der Waals surface area contributed by atoms with Crippen LogP contribution in [0, 0.1) is 11.8 Å². The summed E-state index contributed by atoms with van der Waals surface area (Å²) in [4.78, 5) is 4.20. The Balaban J connectivity index is 2.16. The monoisotopic (exact) mass is 207 g/mol. The van der Waals surface area contributed by atoms with Crippen molar-refractivity contribution in [1.82, 2.24) is 9.55 Å². The second-order valence-corrected chi connectivity index (χ2v) is 4.96. The van der Waals surface area contributed by atoms with E-state index in [4.69, 9.17) is 5.73 Å². The van der Waals surface area contributed by atoms with Crippen molar-refractivity contribution < 1.29 is 0 Å². The van der Waals surface area contributed by atoms with Gasteiger partial charge in [0.1, 0.15) is 0 Å². The number of hydrogen-bond donors (Lipinski definition) is 1. The second-order valence-electron chi connectivity index (χ2n) is 4.96. The Labute approximate surface area is 91.7 Å². The number of rotatable bonds is 2. The second kappa shape index (κ2) is 4.35. The van der Waals surface area contributed by atoms with E-state index in [1.807, 2.05) is 12.5 Å². The Bertz CT molecular complexity index is 318. The smallest absolute Gasteiger partial charge is 0.0951 e. The van der Waals surface area contributed by atoms with Crippen molar-refractivity contribution in [3.8, 4) is 0 Å². The first-order valence-corrected chi connectivity index (χ1v) is 5.93. The van der Waals surface area contributed by atoms with Crippen LogP contribution in [0.3, 0.4) is 0 Å². The summed E-state index contributed by atoms with van der Waals surface area (Å²) in [5.74, 6) is 1.62. The molecule has 2 rings (SSSR count). The van der Waals surface area contributed by atoms with Gasteiger partial charge >= 0.3 is 0 Å². The van der Waals surface area contributed by atoms with E-state index in [0.29, 0.717) is 12.6 Å². The third kappa shape index (κ3) is 2.07. The van der Waals surface area contributed by atoms with Crippen LogP contribution in [0.2, 0.25) is 0 Å². The SMILES string of the molecule is CC1CCC(n2cncc2CN)C(C)C1. The normalized spacial score (nSPS) is 31.8. The zero-order valence-electron chi connectivity index (χ0n) is 9.69. The fourth-order valence-electron chi connectivity index (χ4n) is 2.85. The van der Waals surface area contributed by atoms with E-state index in [0.717, 1.165) is 11.8 Å². The number of nitrogens with two attached hydrogens (primary N) is 1. The van der Waals surface area contributed by atoms with Crippen molar-refractivity contribution in [2.24, 2.45) is 17.6 Å². The van der Waals surface area contributed by atoms with Crippen molar-refractivity contribution in [2.45, 2.75) is 45.7 Å². The highest BCUT2D eigenvalue weighted by Crippen LogP contribution is 2.37. The quantitative estimate of drug-likeness (QED) is 0.809. The average molecular weight is 207 g/mol. The maximum absolute atomic E-state index is 5.71. The molecule has 3 heteroatoms. The highest BCUT2D eigenvalue weighted by atomic mass is 15.1. The van der Waals surface area contributed by atoms with E-state index in [1.54, 1.807) is 0 Å². The summed E-state index contributed by atoms with van der Waals surface area (Å²) >= 11 is 0. The van der Waals surface area contributed by atoms with E-state index in [2.05, 4.69) is 23.4 Å². The molecular formula is C12H21N3. The Hall–Kier alpha value is -0.830. The summed E-state index contributed by atoms with van der Waals surface area (Å²) in [5.41, 5.74) is 6.88. The summed E-state index contributed by atoms with van der Waals surface area (Å²) < 4.78 is 2.29. The first-order valence-electron chi connectivity index (χ1n) is 5.93. The minimum atomic E-state index is 0.596. The topological polar surface area (TPSA) is 43.8 Å². The van der Waals surface area contributed by atoms with Crippen LogP contribution in [0.15, 0.2) is 12.5 Å². The number of aromatic nitrogens is 2. The van der Waals surface area contributed by atoms with Crippen molar-refractivity contribution >= 4 is 0 Å². The van der Waals surface area contributed by atoms with Gasteiger partial charge in [0.25, 0.3) is 0 Å². The van der Waals surface area contributed by atoms with Crippen LogP contribution in [-0.2, 0) is 6.54 Å². The van der Waals surface area contributed by atoms with Gasteiger partial charge in [-0.1, -0.05) is 13.8 Å². The molecule has 0 spiro atoms. The zero-order valence-corrected chi connectivity index (χ0v) is 9.69. The minimum absolute atomic E-state index is 0.596. The van der Waals surface area contributed by atoms with Gasteiger partial charge < -0.3 is 10.3 Å². The molecule has 3 atom stereocenters. The van der Waals surface area contributed by atoms with Crippen LogP contribution in [0.4, 0.5) is 0 Å². The van der Waals surface area contributed by atoms with E-state index in [9.17, 15) is 0 Å². The van der Waals surface area contributed by atoms with Crippen molar-refractivity contribution in [1.29, 1.82) is 0 Å². The molecule has 1 fully saturated rings. The van der Waals surface area contributed by atoms with Gasteiger partial charge in [0, 0.05) is 18.8 Å². The van der Waals surface area contributed by atoms with Crippen LogP contribution < -0.4 is 5.73 Å². The maximum Gasteiger partial charge on any atom is 0.0951 e. The fourth-order valence-corrected chi connectivity index (χ4v) is 2.85. The molecule has 1 aliphatic carbocycles. The van der Waals surface area contributed by atoms with Crippen LogP contribution in [0.1, 0.15) is 44.8 Å². The summed E-state index contributed by atoms with van der Waals surface area (Å²) in [5, 5.41) is 0. The van der Waals surface area contributed by atoms with Gasteiger partial charge in [-0.2, -0.15) is 0 Å². The van der Waals surface area contributed by atoms with Gasteiger partial charge in [-0.25, -0.2) is 4.98 Å². The highest BCUT2D eigenvalue weighted by Gasteiger charge is 2.27. The lowest BCUT2D eigenvalue weighted by Gasteiger charge is -2.34. The molecule has 0 aromatic carbocycles. The molecule has 1 aromatic heterocycles. The van der Waals surface area contributed by atoms with Gasteiger partial charge in [0.05, 0.1) is 12.0 Å². The zero-order chi connectivity index (χ0) is 10.8. The van der Waals surface area contributed by atoms with Crippen LogP contribution in [0.5, 0.6) is 0 Å². The van der Waals surface area contributed by atoms with E-state index < -0.39 is 0 Å². The van der Waals surface area contributed by atoms with Crippen molar-refractivity contribution in [2.75, 3.05) is 0 Å².